The number of aliphatic carboxylic acids is 1. The highest BCUT2D eigenvalue weighted by Gasteiger charge is 2.34. The topological polar surface area (TPSA) is 66.4 Å². The molecule has 0 aromatic carbocycles. The Morgan fingerprint density at radius 2 is 1.71 bits per heavy atom. The third kappa shape index (κ3) is 3.58. The summed E-state index contributed by atoms with van der Waals surface area (Å²) in [6.07, 6.45) is 4.70. The average molecular weight is 239 g/mol. The van der Waals surface area contributed by atoms with Gasteiger partial charge in [-0.15, -0.1) is 0 Å². The molecule has 0 radical (unpaired) electrons. The maximum Gasteiger partial charge on any atom is 0.307 e. The van der Waals surface area contributed by atoms with Gasteiger partial charge in [-0.05, 0) is 25.7 Å². The third-order valence-electron chi connectivity index (χ3n) is 3.46. The van der Waals surface area contributed by atoms with Crippen molar-refractivity contribution in [3.8, 4) is 0 Å². The van der Waals surface area contributed by atoms with Gasteiger partial charge in [0.2, 0.25) is 5.91 Å². The first-order valence-corrected chi connectivity index (χ1v) is 6.11. The van der Waals surface area contributed by atoms with E-state index in [-0.39, 0.29) is 11.9 Å². The summed E-state index contributed by atoms with van der Waals surface area (Å²) in [6.45, 7) is 6.00. The second kappa shape index (κ2) is 5.84. The molecule has 0 fully saturated rings. The predicted octanol–water partition coefficient (Wildman–Crippen LogP) is 1.81. The van der Waals surface area contributed by atoms with Crippen LogP contribution in [-0.4, -0.2) is 23.0 Å². The van der Waals surface area contributed by atoms with Crippen molar-refractivity contribution in [1.29, 1.82) is 0 Å². The van der Waals surface area contributed by atoms with Crippen LogP contribution in [0.2, 0.25) is 0 Å². The molecule has 4 nitrogen and oxygen atoms in total. The highest BCUT2D eigenvalue weighted by atomic mass is 16.4. The van der Waals surface area contributed by atoms with E-state index in [0.29, 0.717) is 18.8 Å². The lowest BCUT2D eigenvalue weighted by Crippen LogP contribution is -2.44. The van der Waals surface area contributed by atoms with Crippen LogP contribution in [0.3, 0.4) is 0 Å². The van der Waals surface area contributed by atoms with Crippen LogP contribution in [0.1, 0.15) is 33.6 Å². The maximum absolute atomic E-state index is 12.0. The standard InChI is InChI=1S/C13H21NO3/c1-8(2)9(3)14-12(15)10-6-4-5-7-11(10)13(16)17/h4-5,8-11H,6-7H2,1-3H3,(H,14,15)(H,16,17)/t9?,10-,11+/m1/s1. The number of carboxylic acid groups (broad SMARTS) is 1. The Kier molecular flexibility index (Phi) is 4.73. The van der Waals surface area contributed by atoms with Gasteiger partial charge >= 0.3 is 5.97 Å². The fourth-order valence-corrected chi connectivity index (χ4v) is 1.87. The number of carbonyl (C=O) groups is 2. The normalized spacial score (nSPS) is 25.6. The van der Waals surface area contributed by atoms with Crippen molar-refractivity contribution < 1.29 is 14.7 Å². The third-order valence-corrected chi connectivity index (χ3v) is 3.46. The van der Waals surface area contributed by atoms with E-state index in [9.17, 15) is 9.59 Å². The van der Waals surface area contributed by atoms with Crippen LogP contribution in [0.5, 0.6) is 0 Å². The molecule has 1 unspecified atom stereocenters. The summed E-state index contributed by atoms with van der Waals surface area (Å²) in [5, 5.41) is 12.0. The highest BCUT2D eigenvalue weighted by Crippen LogP contribution is 2.26. The summed E-state index contributed by atoms with van der Waals surface area (Å²) in [4.78, 5) is 23.1. The van der Waals surface area contributed by atoms with Gasteiger partial charge in [0.05, 0.1) is 11.8 Å². The minimum atomic E-state index is -0.883. The predicted molar refractivity (Wildman–Crippen MR) is 65.4 cm³/mol. The molecule has 1 rings (SSSR count). The number of rotatable bonds is 4. The van der Waals surface area contributed by atoms with Crippen LogP contribution in [-0.2, 0) is 9.59 Å². The second-order valence-electron chi connectivity index (χ2n) is 5.04. The molecule has 0 heterocycles. The van der Waals surface area contributed by atoms with Gasteiger partial charge in [-0.25, -0.2) is 0 Å². The zero-order chi connectivity index (χ0) is 13.0. The number of hydrogen-bond acceptors (Lipinski definition) is 2. The maximum atomic E-state index is 12.0. The first-order valence-electron chi connectivity index (χ1n) is 6.11. The summed E-state index contributed by atoms with van der Waals surface area (Å²) in [5.41, 5.74) is 0. The van der Waals surface area contributed by atoms with Gasteiger partial charge in [0.1, 0.15) is 0 Å². The molecule has 96 valence electrons. The van der Waals surface area contributed by atoms with E-state index in [1.165, 1.54) is 0 Å². The molecule has 0 saturated carbocycles. The molecule has 0 aromatic heterocycles. The Hall–Kier alpha value is -1.32. The Labute approximate surface area is 102 Å². The number of carbonyl (C=O) groups excluding carboxylic acids is 1. The number of carboxylic acids is 1. The lowest BCUT2D eigenvalue weighted by atomic mass is 9.82. The van der Waals surface area contributed by atoms with Gasteiger partial charge in [0.15, 0.2) is 0 Å². The lowest BCUT2D eigenvalue weighted by Gasteiger charge is -2.27. The minimum Gasteiger partial charge on any atom is -0.481 e. The van der Waals surface area contributed by atoms with Crippen LogP contribution in [0, 0.1) is 17.8 Å². The Bertz CT molecular complexity index is 323. The van der Waals surface area contributed by atoms with Crippen LogP contribution in [0.4, 0.5) is 0 Å². The molecule has 17 heavy (non-hydrogen) atoms. The van der Waals surface area contributed by atoms with E-state index in [4.69, 9.17) is 5.11 Å². The van der Waals surface area contributed by atoms with Gasteiger partial charge in [-0.1, -0.05) is 26.0 Å². The zero-order valence-electron chi connectivity index (χ0n) is 10.6. The van der Waals surface area contributed by atoms with E-state index in [0.717, 1.165) is 0 Å². The fraction of sp³-hybridized carbons (Fsp3) is 0.692. The Morgan fingerprint density at radius 1 is 1.18 bits per heavy atom. The van der Waals surface area contributed by atoms with Crippen molar-refractivity contribution in [2.45, 2.75) is 39.7 Å². The number of amides is 1. The smallest absolute Gasteiger partial charge is 0.307 e. The first kappa shape index (κ1) is 13.7. The summed E-state index contributed by atoms with van der Waals surface area (Å²) >= 11 is 0. The molecule has 0 saturated heterocycles. The van der Waals surface area contributed by atoms with E-state index >= 15 is 0 Å². The van der Waals surface area contributed by atoms with Gasteiger partial charge in [0.25, 0.3) is 0 Å². The lowest BCUT2D eigenvalue weighted by molar-refractivity contribution is -0.147. The van der Waals surface area contributed by atoms with E-state index in [1.807, 2.05) is 32.9 Å². The molecule has 0 aromatic rings. The molecule has 0 aliphatic heterocycles. The molecule has 3 atom stereocenters. The zero-order valence-corrected chi connectivity index (χ0v) is 10.6. The minimum absolute atomic E-state index is 0.0721. The molecule has 0 bridgehead atoms. The molecule has 2 N–H and O–H groups in total. The van der Waals surface area contributed by atoms with E-state index in [1.54, 1.807) is 0 Å². The molecule has 1 aliphatic rings. The summed E-state index contributed by atoms with van der Waals surface area (Å²) < 4.78 is 0. The van der Waals surface area contributed by atoms with Gasteiger partial charge in [-0.3, -0.25) is 9.59 Å². The number of hydrogen-bond donors (Lipinski definition) is 2. The highest BCUT2D eigenvalue weighted by molar-refractivity contribution is 5.85. The molecular formula is C13H21NO3. The molecular weight excluding hydrogens is 218 g/mol. The Morgan fingerprint density at radius 3 is 2.18 bits per heavy atom. The quantitative estimate of drug-likeness (QED) is 0.735. The average Bonchev–Trinajstić information content (AvgIpc) is 2.28. The van der Waals surface area contributed by atoms with Crippen molar-refractivity contribution in [2.24, 2.45) is 17.8 Å². The summed E-state index contributed by atoms with van der Waals surface area (Å²) in [6, 6.07) is 0.0721. The fourth-order valence-electron chi connectivity index (χ4n) is 1.87. The van der Waals surface area contributed by atoms with Gasteiger partial charge in [0, 0.05) is 6.04 Å². The molecule has 0 spiro atoms. The van der Waals surface area contributed by atoms with Crippen LogP contribution in [0.25, 0.3) is 0 Å². The Balaban J connectivity index is 2.66. The molecule has 4 heteroatoms. The van der Waals surface area contributed by atoms with Gasteiger partial charge < -0.3 is 10.4 Å². The van der Waals surface area contributed by atoms with Crippen molar-refractivity contribution in [1.82, 2.24) is 5.32 Å². The largest absolute Gasteiger partial charge is 0.481 e. The van der Waals surface area contributed by atoms with Crippen molar-refractivity contribution in [3.63, 3.8) is 0 Å². The van der Waals surface area contributed by atoms with E-state index in [2.05, 4.69) is 5.32 Å². The van der Waals surface area contributed by atoms with Crippen molar-refractivity contribution >= 4 is 11.9 Å². The van der Waals surface area contributed by atoms with Crippen LogP contribution in [0.15, 0.2) is 12.2 Å². The number of allylic oxidation sites excluding steroid dienone is 2. The second-order valence-corrected chi connectivity index (χ2v) is 5.04. The SMILES string of the molecule is CC(C)C(C)NC(=O)[C@@H]1CC=CC[C@@H]1C(=O)O. The monoisotopic (exact) mass is 239 g/mol. The van der Waals surface area contributed by atoms with E-state index < -0.39 is 17.8 Å². The van der Waals surface area contributed by atoms with Gasteiger partial charge in [-0.2, -0.15) is 0 Å². The molecule has 1 aliphatic carbocycles. The van der Waals surface area contributed by atoms with Crippen LogP contribution >= 0.6 is 0 Å². The summed E-state index contributed by atoms with van der Waals surface area (Å²) in [7, 11) is 0. The van der Waals surface area contributed by atoms with Crippen molar-refractivity contribution in [2.75, 3.05) is 0 Å². The van der Waals surface area contributed by atoms with Crippen LogP contribution < -0.4 is 5.32 Å². The van der Waals surface area contributed by atoms with Crippen molar-refractivity contribution in [3.05, 3.63) is 12.2 Å². The number of nitrogens with one attached hydrogen (secondary N) is 1. The molecule has 1 amide bonds. The first-order chi connectivity index (χ1) is 7.93. The summed E-state index contributed by atoms with van der Waals surface area (Å²) in [5.74, 6) is -1.69.